The van der Waals surface area contributed by atoms with Crippen LogP contribution in [0.15, 0.2) is 42.6 Å². The van der Waals surface area contributed by atoms with Gasteiger partial charge in [-0.05, 0) is 30.3 Å². The van der Waals surface area contributed by atoms with E-state index in [4.69, 9.17) is 41.7 Å². The Hall–Kier alpha value is -1.63. The lowest BCUT2D eigenvalue weighted by molar-refractivity contribution is -0.149. The van der Waals surface area contributed by atoms with Gasteiger partial charge >= 0.3 is 13.6 Å². The van der Waals surface area contributed by atoms with E-state index in [1.54, 1.807) is 24.3 Å². The van der Waals surface area contributed by atoms with Gasteiger partial charge in [-0.3, -0.25) is 9.55 Å². The molecule has 0 fully saturated rings. The molecule has 0 aliphatic carbocycles. The van der Waals surface area contributed by atoms with Gasteiger partial charge in [0.15, 0.2) is 6.61 Å². The number of aromatic nitrogens is 1. The minimum atomic E-state index is -3.78. The summed E-state index contributed by atoms with van der Waals surface area (Å²) in [4.78, 5) is 16.2. The standard InChI is InChI=1S/C16H16Cl2NO6P/c1-22-26(21,23-2)16(13-5-3-4-8-19-13)25-15(20)10-24-14-7-6-11(17)9-12(14)18/h3-9,16H,10H2,1-2H3. The van der Waals surface area contributed by atoms with Crippen LogP contribution in [0.3, 0.4) is 0 Å². The first kappa shape index (κ1) is 20.7. The van der Waals surface area contributed by atoms with E-state index in [1.807, 2.05) is 0 Å². The highest BCUT2D eigenvalue weighted by Gasteiger charge is 2.40. The zero-order valence-electron chi connectivity index (χ0n) is 13.9. The number of rotatable bonds is 8. The molecule has 1 heterocycles. The molecule has 1 aromatic carbocycles. The van der Waals surface area contributed by atoms with E-state index in [9.17, 15) is 9.36 Å². The summed E-state index contributed by atoms with van der Waals surface area (Å²) in [6.07, 6.45) is 1.47. The highest BCUT2D eigenvalue weighted by atomic mass is 35.5. The van der Waals surface area contributed by atoms with Crippen LogP contribution in [0.2, 0.25) is 10.0 Å². The first-order valence-corrected chi connectivity index (χ1v) is 9.66. The summed E-state index contributed by atoms with van der Waals surface area (Å²) in [7, 11) is -1.40. The first-order chi connectivity index (χ1) is 12.4. The lowest BCUT2D eigenvalue weighted by atomic mass is 10.3. The van der Waals surface area contributed by atoms with E-state index >= 15 is 0 Å². The van der Waals surface area contributed by atoms with Gasteiger partial charge in [0.2, 0.25) is 5.85 Å². The largest absolute Gasteiger partial charge is 0.480 e. The van der Waals surface area contributed by atoms with Crippen LogP contribution >= 0.6 is 30.8 Å². The Labute approximate surface area is 160 Å². The highest BCUT2D eigenvalue weighted by molar-refractivity contribution is 7.54. The van der Waals surface area contributed by atoms with Crippen LogP contribution in [0.5, 0.6) is 5.75 Å². The van der Waals surface area contributed by atoms with Crippen LogP contribution in [-0.4, -0.2) is 31.8 Å². The van der Waals surface area contributed by atoms with E-state index < -0.39 is 26.0 Å². The minimum absolute atomic E-state index is 0.220. The van der Waals surface area contributed by atoms with Gasteiger partial charge < -0.3 is 18.5 Å². The molecule has 1 atom stereocenters. The van der Waals surface area contributed by atoms with Crippen molar-refractivity contribution < 1.29 is 27.9 Å². The summed E-state index contributed by atoms with van der Waals surface area (Å²) in [6, 6.07) is 9.42. The van der Waals surface area contributed by atoms with E-state index in [0.29, 0.717) is 5.02 Å². The fourth-order valence-corrected chi connectivity index (χ4v) is 3.68. The van der Waals surface area contributed by atoms with Crippen LogP contribution in [0.25, 0.3) is 0 Å². The normalized spacial score (nSPS) is 12.5. The number of carbonyl (C=O) groups excluding carboxylic acids is 1. The summed E-state index contributed by atoms with van der Waals surface area (Å²) in [5.74, 6) is -1.89. The van der Waals surface area contributed by atoms with Crippen LogP contribution in [-0.2, 0) is 23.1 Å². The molecule has 140 valence electrons. The number of nitrogens with zero attached hydrogens (tertiary/aromatic N) is 1. The van der Waals surface area contributed by atoms with Crippen molar-refractivity contribution in [2.24, 2.45) is 0 Å². The van der Waals surface area contributed by atoms with Gasteiger partial charge in [0.25, 0.3) is 0 Å². The third-order valence-electron chi connectivity index (χ3n) is 3.22. The predicted molar refractivity (Wildman–Crippen MR) is 96.7 cm³/mol. The second kappa shape index (κ2) is 9.35. The van der Waals surface area contributed by atoms with E-state index in [1.165, 1.54) is 32.5 Å². The van der Waals surface area contributed by atoms with Crippen LogP contribution in [0.4, 0.5) is 0 Å². The molecule has 0 aliphatic rings. The number of hydrogen-bond donors (Lipinski definition) is 0. The van der Waals surface area contributed by atoms with Gasteiger partial charge in [0.1, 0.15) is 5.75 Å². The van der Waals surface area contributed by atoms with Crippen LogP contribution in [0, 0.1) is 0 Å². The van der Waals surface area contributed by atoms with E-state index in [0.717, 1.165) is 0 Å². The molecule has 2 rings (SSSR count). The smallest absolute Gasteiger partial charge is 0.376 e. The van der Waals surface area contributed by atoms with Crippen molar-refractivity contribution in [2.45, 2.75) is 5.85 Å². The Kier molecular flexibility index (Phi) is 7.43. The van der Waals surface area contributed by atoms with Crippen molar-refractivity contribution in [3.05, 3.63) is 58.3 Å². The topological polar surface area (TPSA) is 84.0 Å². The third kappa shape index (κ3) is 5.19. The summed E-state index contributed by atoms with van der Waals surface area (Å²) in [6.45, 7) is -0.474. The number of ether oxygens (including phenoxy) is 2. The zero-order chi connectivity index (χ0) is 19.2. The molecule has 0 aliphatic heterocycles. The predicted octanol–water partition coefficient (Wildman–Crippen LogP) is 4.50. The number of pyridine rings is 1. The molecule has 2 aromatic rings. The molecule has 0 amide bonds. The number of benzene rings is 1. The second-order valence-electron chi connectivity index (χ2n) is 4.87. The summed E-state index contributed by atoms with van der Waals surface area (Å²) in [5.41, 5.74) is 0.220. The molecule has 0 N–H and O–H groups in total. The van der Waals surface area contributed by atoms with E-state index in [-0.39, 0.29) is 16.5 Å². The maximum atomic E-state index is 12.7. The molecule has 0 saturated heterocycles. The maximum absolute atomic E-state index is 12.7. The Morgan fingerprint density at radius 1 is 1.19 bits per heavy atom. The first-order valence-electron chi connectivity index (χ1n) is 7.29. The van der Waals surface area contributed by atoms with E-state index in [2.05, 4.69) is 4.98 Å². The average Bonchev–Trinajstić information content (AvgIpc) is 2.65. The molecule has 0 saturated carbocycles. The molecule has 26 heavy (non-hydrogen) atoms. The second-order valence-corrected chi connectivity index (χ2v) is 7.99. The molecule has 0 spiro atoms. The zero-order valence-corrected chi connectivity index (χ0v) is 16.3. The molecular weight excluding hydrogens is 404 g/mol. The molecule has 1 unspecified atom stereocenters. The van der Waals surface area contributed by atoms with Crippen LogP contribution in [0.1, 0.15) is 11.5 Å². The fourth-order valence-electron chi connectivity index (χ4n) is 1.96. The lowest BCUT2D eigenvalue weighted by Gasteiger charge is -2.23. The van der Waals surface area contributed by atoms with Gasteiger partial charge in [-0.2, -0.15) is 0 Å². The van der Waals surface area contributed by atoms with Gasteiger partial charge in [-0.15, -0.1) is 0 Å². The van der Waals surface area contributed by atoms with Gasteiger partial charge in [-0.1, -0.05) is 29.3 Å². The van der Waals surface area contributed by atoms with Gasteiger partial charge in [0, 0.05) is 25.4 Å². The maximum Gasteiger partial charge on any atom is 0.376 e. The quantitative estimate of drug-likeness (QED) is 0.460. The van der Waals surface area contributed by atoms with Crippen molar-refractivity contribution in [1.29, 1.82) is 0 Å². The molecule has 0 radical (unpaired) electrons. The Bertz CT molecular complexity index is 797. The van der Waals surface area contributed by atoms with Gasteiger partial charge in [0.05, 0.1) is 10.7 Å². The summed E-state index contributed by atoms with van der Waals surface area (Å²) in [5, 5.41) is 0.673. The van der Waals surface area contributed by atoms with Crippen molar-refractivity contribution in [2.75, 3.05) is 20.8 Å². The molecule has 0 bridgehead atoms. The van der Waals surface area contributed by atoms with Crippen LogP contribution < -0.4 is 4.74 Å². The number of hydrogen-bond acceptors (Lipinski definition) is 7. The van der Waals surface area contributed by atoms with Crippen molar-refractivity contribution in [1.82, 2.24) is 4.98 Å². The fraction of sp³-hybridized carbons (Fsp3) is 0.250. The third-order valence-corrected chi connectivity index (χ3v) is 5.71. The number of halogens is 2. The molecule has 1 aromatic heterocycles. The lowest BCUT2D eigenvalue weighted by Crippen LogP contribution is -2.20. The van der Waals surface area contributed by atoms with Crippen molar-refractivity contribution >= 4 is 36.8 Å². The SMILES string of the molecule is COP(=O)(OC)C(OC(=O)COc1ccc(Cl)cc1Cl)c1ccccn1. The Balaban J connectivity index is 2.12. The summed E-state index contributed by atoms with van der Waals surface area (Å²) >= 11 is 11.8. The van der Waals surface area contributed by atoms with Crippen molar-refractivity contribution in [3.63, 3.8) is 0 Å². The number of esters is 1. The monoisotopic (exact) mass is 419 g/mol. The highest BCUT2D eigenvalue weighted by Crippen LogP contribution is 2.60. The minimum Gasteiger partial charge on any atom is -0.480 e. The van der Waals surface area contributed by atoms with Gasteiger partial charge in [-0.25, -0.2) is 4.79 Å². The average molecular weight is 420 g/mol. The summed E-state index contributed by atoms with van der Waals surface area (Å²) < 4.78 is 33.2. The Morgan fingerprint density at radius 3 is 2.50 bits per heavy atom. The molecule has 7 nitrogen and oxygen atoms in total. The Morgan fingerprint density at radius 2 is 1.92 bits per heavy atom. The number of carbonyl (C=O) groups is 1. The molecular formula is C16H16Cl2NO6P. The van der Waals surface area contributed by atoms with Crippen molar-refractivity contribution in [3.8, 4) is 5.75 Å². The molecule has 10 heteroatoms.